The minimum Gasteiger partial charge on any atom is -0.414 e. The van der Waals surface area contributed by atoms with Crippen LogP contribution < -0.4 is 0 Å². The molecule has 88 valence electrons. The standard InChI is InChI=1S/C12H16O4/c1-5-12(8-6-7-11(2,3)4)9(13)15-10(14)16-12/h5,8H2,1-4H3/t12-/m0/s1. The molecule has 0 bridgehead atoms. The summed E-state index contributed by atoms with van der Waals surface area (Å²) in [5, 5.41) is 0. The van der Waals surface area contributed by atoms with Gasteiger partial charge in [0, 0.05) is 5.41 Å². The van der Waals surface area contributed by atoms with Gasteiger partial charge in [0.25, 0.3) is 0 Å². The third-order valence-corrected chi connectivity index (χ3v) is 2.24. The van der Waals surface area contributed by atoms with Crippen LogP contribution in [0.5, 0.6) is 0 Å². The molecule has 4 nitrogen and oxygen atoms in total. The molecule has 1 aliphatic heterocycles. The molecule has 0 radical (unpaired) electrons. The van der Waals surface area contributed by atoms with E-state index in [2.05, 4.69) is 16.6 Å². The molecule has 0 aromatic heterocycles. The van der Waals surface area contributed by atoms with E-state index >= 15 is 0 Å². The second-order valence-electron chi connectivity index (χ2n) is 4.82. The number of carbonyl (C=O) groups is 2. The predicted octanol–water partition coefficient (Wildman–Crippen LogP) is 2.27. The first-order valence-corrected chi connectivity index (χ1v) is 5.24. The Morgan fingerprint density at radius 2 is 1.94 bits per heavy atom. The molecule has 1 aliphatic rings. The molecular weight excluding hydrogens is 208 g/mol. The Labute approximate surface area is 95.3 Å². The zero-order valence-corrected chi connectivity index (χ0v) is 10.0. The van der Waals surface area contributed by atoms with Crippen molar-refractivity contribution < 1.29 is 19.1 Å². The van der Waals surface area contributed by atoms with Crippen molar-refractivity contribution in [2.75, 3.05) is 0 Å². The van der Waals surface area contributed by atoms with E-state index in [1.54, 1.807) is 6.92 Å². The number of ether oxygens (including phenoxy) is 2. The van der Waals surface area contributed by atoms with Crippen molar-refractivity contribution in [3.63, 3.8) is 0 Å². The van der Waals surface area contributed by atoms with E-state index < -0.39 is 17.7 Å². The summed E-state index contributed by atoms with van der Waals surface area (Å²) in [6.07, 6.45) is -0.369. The Kier molecular flexibility index (Phi) is 3.27. The Balaban J connectivity index is 2.79. The third kappa shape index (κ3) is 2.75. The molecule has 0 saturated carbocycles. The van der Waals surface area contributed by atoms with Crippen LogP contribution in [0.1, 0.15) is 40.5 Å². The summed E-state index contributed by atoms with van der Waals surface area (Å²) in [5.41, 5.74) is -1.34. The van der Waals surface area contributed by atoms with E-state index in [-0.39, 0.29) is 11.8 Å². The van der Waals surface area contributed by atoms with Gasteiger partial charge in [0.05, 0.1) is 6.42 Å². The van der Waals surface area contributed by atoms with Crippen LogP contribution in [0.15, 0.2) is 0 Å². The van der Waals surface area contributed by atoms with Gasteiger partial charge in [-0.3, -0.25) is 0 Å². The lowest BCUT2D eigenvalue weighted by molar-refractivity contribution is -0.143. The van der Waals surface area contributed by atoms with Crippen LogP contribution in [0.3, 0.4) is 0 Å². The number of hydrogen-bond acceptors (Lipinski definition) is 4. The maximum atomic E-state index is 11.5. The third-order valence-electron chi connectivity index (χ3n) is 2.24. The smallest absolute Gasteiger partial charge is 0.414 e. The molecule has 0 spiro atoms. The number of carbonyl (C=O) groups excluding carboxylic acids is 2. The molecule has 0 N–H and O–H groups in total. The highest BCUT2D eigenvalue weighted by Gasteiger charge is 2.49. The molecule has 4 heteroatoms. The van der Waals surface area contributed by atoms with Gasteiger partial charge in [-0.15, -0.1) is 0 Å². The summed E-state index contributed by atoms with van der Waals surface area (Å²) >= 11 is 0. The van der Waals surface area contributed by atoms with Crippen molar-refractivity contribution in [1.29, 1.82) is 0 Å². The highest BCUT2D eigenvalue weighted by Crippen LogP contribution is 2.28. The molecule has 0 aromatic rings. The SMILES string of the molecule is CC[C@@]1(CC#CC(C)(C)C)OC(=O)OC1=O. The fourth-order valence-electron chi connectivity index (χ4n) is 1.29. The van der Waals surface area contributed by atoms with Gasteiger partial charge in [-0.2, -0.15) is 0 Å². The van der Waals surface area contributed by atoms with Gasteiger partial charge in [-0.25, -0.2) is 9.59 Å². The van der Waals surface area contributed by atoms with Crippen LogP contribution in [-0.4, -0.2) is 17.7 Å². The summed E-state index contributed by atoms with van der Waals surface area (Å²) < 4.78 is 9.29. The van der Waals surface area contributed by atoms with Crippen LogP contribution in [0.25, 0.3) is 0 Å². The fourth-order valence-corrected chi connectivity index (χ4v) is 1.29. The number of esters is 1. The highest BCUT2D eigenvalue weighted by molar-refractivity contribution is 5.94. The molecule has 16 heavy (non-hydrogen) atoms. The summed E-state index contributed by atoms with van der Waals surface area (Å²) in [4.78, 5) is 22.3. The van der Waals surface area contributed by atoms with Crippen LogP contribution >= 0.6 is 0 Å². The first-order valence-electron chi connectivity index (χ1n) is 5.24. The molecule has 0 amide bonds. The van der Waals surface area contributed by atoms with Crippen molar-refractivity contribution in [2.45, 2.75) is 46.1 Å². The summed E-state index contributed by atoms with van der Waals surface area (Å²) in [6.45, 7) is 7.67. The minimum absolute atomic E-state index is 0.137. The molecular formula is C12H16O4. The molecule has 1 saturated heterocycles. The Hall–Kier alpha value is -1.50. The normalized spacial score (nSPS) is 24.5. The molecule has 0 aromatic carbocycles. The average molecular weight is 224 g/mol. The average Bonchev–Trinajstić information content (AvgIpc) is 2.40. The monoisotopic (exact) mass is 224 g/mol. The molecule has 1 heterocycles. The topological polar surface area (TPSA) is 52.6 Å². The quantitative estimate of drug-likeness (QED) is 0.410. The van der Waals surface area contributed by atoms with Crippen LogP contribution in [-0.2, 0) is 14.3 Å². The fraction of sp³-hybridized carbons (Fsp3) is 0.667. The highest BCUT2D eigenvalue weighted by atomic mass is 16.8. The lowest BCUT2D eigenvalue weighted by atomic mass is 9.94. The molecule has 1 rings (SSSR count). The number of hydrogen-bond donors (Lipinski definition) is 0. The van der Waals surface area contributed by atoms with Crippen LogP contribution in [0, 0.1) is 17.3 Å². The van der Waals surface area contributed by atoms with Crippen molar-refractivity contribution in [3.05, 3.63) is 0 Å². The van der Waals surface area contributed by atoms with Crippen molar-refractivity contribution in [3.8, 4) is 11.8 Å². The van der Waals surface area contributed by atoms with E-state index in [9.17, 15) is 9.59 Å². The lowest BCUT2D eigenvalue weighted by Crippen LogP contribution is -2.35. The van der Waals surface area contributed by atoms with Gasteiger partial charge in [0.15, 0.2) is 0 Å². The van der Waals surface area contributed by atoms with Gasteiger partial charge >= 0.3 is 12.1 Å². The first-order chi connectivity index (χ1) is 7.29. The van der Waals surface area contributed by atoms with E-state index in [1.807, 2.05) is 20.8 Å². The largest absolute Gasteiger partial charge is 0.517 e. The van der Waals surface area contributed by atoms with Crippen LogP contribution in [0.2, 0.25) is 0 Å². The minimum atomic E-state index is -1.20. The van der Waals surface area contributed by atoms with Gasteiger partial charge < -0.3 is 9.47 Å². The van der Waals surface area contributed by atoms with Crippen molar-refractivity contribution >= 4 is 12.1 Å². The lowest BCUT2D eigenvalue weighted by Gasteiger charge is -2.17. The molecule has 0 aliphatic carbocycles. The van der Waals surface area contributed by atoms with E-state index in [1.165, 1.54) is 0 Å². The van der Waals surface area contributed by atoms with Crippen molar-refractivity contribution in [2.24, 2.45) is 5.41 Å². The number of rotatable bonds is 2. The zero-order chi connectivity index (χ0) is 12.4. The van der Waals surface area contributed by atoms with Crippen LogP contribution in [0.4, 0.5) is 4.79 Å². The Morgan fingerprint density at radius 3 is 2.31 bits per heavy atom. The van der Waals surface area contributed by atoms with Gasteiger partial charge in [0.2, 0.25) is 5.60 Å². The second-order valence-corrected chi connectivity index (χ2v) is 4.82. The maximum absolute atomic E-state index is 11.5. The first kappa shape index (κ1) is 12.6. The number of cyclic esters (lactones) is 3. The summed E-state index contributed by atoms with van der Waals surface area (Å²) in [6, 6.07) is 0. The predicted molar refractivity (Wildman–Crippen MR) is 57.4 cm³/mol. The van der Waals surface area contributed by atoms with E-state index in [0.29, 0.717) is 6.42 Å². The van der Waals surface area contributed by atoms with E-state index in [0.717, 1.165) is 0 Å². The van der Waals surface area contributed by atoms with Gasteiger partial charge in [-0.05, 0) is 27.2 Å². The molecule has 1 fully saturated rings. The Morgan fingerprint density at radius 1 is 1.31 bits per heavy atom. The zero-order valence-electron chi connectivity index (χ0n) is 10.0. The maximum Gasteiger partial charge on any atom is 0.517 e. The second kappa shape index (κ2) is 4.17. The van der Waals surface area contributed by atoms with Gasteiger partial charge in [0.1, 0.15) is 0 Å². The summed E-state index contributed by atoms with van der Waals surface area (Å²) in [7, 11) is 0. The Bertz CT molecular complexity index is 367. The van der Waals surface area contributed by atoms with Crippen molar-refractivity contribution in [1.82, 2.24) is 0 Å². The molecule has 0 unspecified atom stereocenters. The van der Waals surface area contributed by atoms with Gasteiger partial charge in [-0.1, -0.05) is 18.8 Å². The summed E-state index contributed by atoms with van der Waals surface area (Å²) in [5.74, 6) is 5.24. The molecule has 1 atom stereocenters. The van der Waals surface area contributed by atoms with E-state index in [4.69, 9.17) is 4.74 Å².